The number of anilines is 1. The molecule has 1 fully saturated rings. The molecule has 0 aliphatic carbocycles. The van der Waals surface area contributed by atoms with Gasteiger partial charge in [-0.2, -0.15) is 0 Å². The minimum absolute atomic E-state index is 0.0685. The van der Waals surface area contributed by atoms with E-state index in [9.17, 15) is 4.79 Å². The maximum absolute atomic E-state index is 12.7. The highest BCUT2D eigenvalue weighted by Gasteiger charge is 2.34. The predicted octanol–water partition coefficient (Wildman–Crippen LogP) is 2.63. The molecule has 0 unspecified atom stereocenters. The molecule has 1 amide bonds. The Bertz CT molecular complexity index is 1030. The molecule has 0 bridgehead atoms. The molecule has 9 nitrogen and oxygen atoms in total. The number of piperazine rings is 1. The first-order chi connectivity index (χ1) is 15.3. The number of nitrogens with zero attached hydrogens (tertiary/aromatic N) is 7. The summed E-state index contributed by atoms with van der Waals surface area (Å²) in [5, 5.41) is 12.7. The van der Waals surface area contributed by atoms with Gasteiger partial charge in [-0.1, -0.05) is 12.1 Å². The molecule has 170 valence electrons. The van der Waals surface area contributed by atoms with Gasteiger partial charge in [0, 0.05) is 46.0 Å². The van der Waals surface area contributed by atoms with E-state index in [2.05, 4.69) is 70.4 Å². The van der Waals surface area contributed by atoms with E-state index >= 15 is 0 Å². The summed E-state index contributed by atoms with van der Waals surface area (Å²) in [6.07, 6.45) is 1.53. The molecule has 2 aromatic heterocycles. The van der Waals surface area contributed by atoms with Crippen LogP contribution >= 0.6 is 0 Å². The number of tetrazole rings is 1. The smallest absolute Gasteiger partial charge is 0.289 e. The van der Waals surface area contributed by atoms with Crippen LogP contribution < -0.4 is 4.90 Å². The maximum Gasteiger partial charge on any atom is 0.289 e. The van der Waals surface area contributed by atoms with E-state index in [0.29, 0.717) is 31.9 Å². The predicted molar refractivity (Wildman–Crippen MR) is 122 cm³/mol. The first-order valence-corrected chi connectivity index (χ1v) is 10.9. The van der Waals surface area contributed by atoms with Crippen molar-refractivity contribution in [2.45, 2.75) is 32.4 Å². The molecule has 9 heteroatoms. The number of rotatable bonds is 5. The van der Waals surface area contributed by atoms with Crippen LogP contribution in [-0.4, -0.2) is 76.2 Å². The van der Waals surface area contributed by atoms with Crippen molar-refractivity contribution in [2.24, 2.45) is 0 Å². The number of furan rings is 1. The van der Waals surface area contributed by atoms with Gasteiger partial charge in [-0.3, -0.25) is 9.69 Å². The Labute approximate surface area is 188 Å². The molecule has 0 radical (unpaired) electrons. The van der Waals surface area contributed by atoms with Crippen LogP contribution in [0.4, 0.5) is 5.69 Å². The standard InChI is InChI=1S/C23H31N7O2/c1-23(2,3)30-21(24-25-26-30)20(17-8-10-18(11-9-17)27(4)5)28-12-14-29(15-13-28)22(31)19-7-6-16-32-19/h6-11,16,20H,12-15H2,1-5H3/t20-/m0/s1. The van der Waals surface area contributed by atoms with Crippen molar-refractivity contribution < 1.29 is 9.21 Å². The molecule has 0 spiro atoms. The lowest BCUT2D eigenvalue weighted by Gasteiger charge is -2.39. The molecule has 4 rings (SSSR count). The molecule has 0 N–H and O–H groups in total. The minimum Gasteiger partial charge on any atom is -0.459 e. The van der Waals surface area contributed by atoms with Gasteiger partial charge in [0.25, 0.3) is 5.91 Å². The summed E-state index contributed by atoms with van der Waals surface area (Å²) >= 11 is 0. The third-order valence-corrected chi connectivity index (χ3v) is 5.80. The Kier molecular flexibility index (Phi) is 6.01. The molecular weight excluding hydrogens is 406 g/mol. The van der Waals surface area contributed by atoms with E-state index < -0.39 is 0 Å². The molecule has 32 heavy (non-hydrogen) atoms. The van der Waals surface area contributed by atoms with Crippen LogP contribution in [-0.2, 0) is 5.54 Å². The van der Waals surface area contributed by atoms with E-state index in [-0.39, 0.29) is 17.5 Å². The summed E-state index contributed by atoms with van der Waals surface area (Å²) < 4.78 is 7.20. The fraction of sp³-hybridized carbons (Fsp3) is 0.478. The van der Waals surface area contributed by atoms with Gasteiger partial charge >= 0.3 is 0 Å². The van der Waals surface area contributed by atoms with Crippen LogP contribution in [0.2, 0.25) is 0 Å². The molecule has 0 saturated carbocycles. The van der Waals surface area contributed by atoms with Crippen molar-refractivity contribution in [3.8, 4) is 0 Å². The molecule has 3 aromatic rings. The van der Waals surface area contributed by atoms with Crippen molar-refractivity contribution in [1.29, 1.82) is 0 Å². The zero-order chi connectivity index (χ0) is 22.9. The number of aromatic nitrogens is 4. The first-order valence-electron chi connectivity index (χ1n) is 10.9. The molecule has 3 heterocycles. The molecular formula is C23H31N7O2. The van der Waals surface area contributed by atoms with Crippen molar-refractivity contribution in [3.05, 3.63) is 59.8 Å². The van der Waals surface area contributed by atoms with Crippen molar-refractivity contribution in [1.82, 2.24) is 30.0 Å². The van der Waals surface area contributed by atoms with Gasteiger partial charge < -0.3 is 14.2 Å². The summed E-state index contributed by atoms with van der Waals surface area (Å²) in [7, 11) is 4.06. The third-order valence-electron chi connectivity index (χ3n) is 5.80. The Morgan fingerprint density at radius 3 is 2.31 bits per heavy atom. The molecule has 1 atom stereocenters. The van der Waals surface area contributed by atoms with Crippen molar-refractivity contribution in [2.75, 3.05) is 45.2 Å². The number of benzene rings is 1. The largest absolute Gasteiger partial charge is 0.459 e. The quantitative estimate of drug-likeness (QED) is 0.607. The lowest BCUT2D eigenvalue weighted by atomic mass is 10.0. The average molecular weight is 438 g/mol. The van der Waals surface area contributed by atoms with Crippen LogP contribution in [0.3, 0.4) is 0 Å². The Morgan fingerprint density at radius 1 is 1.06 bits per heavy atom. The average Bonchev–Trinajstić information content (AvgIpc) is 3.47. The van der Waals surface area contributed by atoms with Gasteiger partial charge in [0.05, 0.1) is 17.8 Å². The molecule has 1 aliphatic heterocycles. The highest BCUT2D eigenvalue weighted by molar-refractivity contribution is 5.91. The Morgan fingerprint density at radius 2 is 1.75 bits per heavy atom. The van der Waals surface area contributed by atoms with Gasteiger partial charge in [0.15, 0.2) is 11.6 Å². The zero-order valence-electron chi connectivity index (χ0n) is 19.4. The normalized spacial score (nSPS) is 16.2. The van der Waals surface area contributed by atoms with Crippen LogP contribution in [0.25, 0.3) is 0 Å². The van der Waals surface area contributed by atoms with Gasteiger partial charge in [0.1, 0.15) is 0 Å². The van der Waals surface area contributed by atoms with Crippen LogP contribution in [0.5, 0.6) is 0 Å². The van der Waals surface area contributed by atoms with E-state index in [1.54, 1.807) is 12.1 Å². The van der Waals surface area contributed by atoms with E-state index in [1.165, 1.54) is 6.26 Å². The zero-order valence-corrected chi connectivity index (χ0v) is 19.4. The summed E-state index contributed by atoms with van der Waals surface area (Å²) in [5.41, 5.74) is 2.01. The first kappa shape index (κ1) is 22.0. The summed E-state index contributed by atoms with van der Waals surface area (Å²) in [4.78, 5) is 19.0. The lowest BCUT2D eigenvalue weighted by molar-refractivity contribution is 0.0556. The Hall–Kier alpha value is -3.20. The summed E-state index contributed by atoms with van der Waals surface area (Å²) in [6, 6.07) is 11.9. The van der Waals surface area contributed by atoms with Crippen LogP contribution in [0.15, 0.2) is 47.1 Å². The highest BCUT2D eigenvalue weighted by atomic mass is 16.3. The molecule has 1 aromatic carbocycles. The van der Waals surface area contributed by atoms with Crippen LogP contribution in [0.1, 0.15) is 48.8 Å². The van der Waals surface area contributed by atoms with Gasteiger partial charge in [-0.15, -0.1) is 5.10 Å². The van der Waals surface area contributed by atoms with E-state index in [4.69, 9.17) is 4.42 Å². The van der Waals surface area contributed by atoms with Gasteiger partial charge in [0.2, 0.25) is 0 Å². The monoisotopic (exact) mass is 437 g/mol. The van der Waals surface area contributed by atoms with Crippen LogP contribution in [0, 0.1) is 0 Å². The topological polar surface area (TPSA) is 83.5 Å². The number of amides is 1. The highest BCUT2D eigenvalue weighted by Crippen LogP contribution is 2.31. The van der Waals surface area contributed by atoms with Gasteiger partial charge in [-0.05, 0) is 61.0 Å². The number of hydrogen-bond donors (Lipinski definition) is 0. The second kappa shape index (κ2) is 8.74. The Balaban J connectivity index is 1.62. The second-order valence-corrected chi connectivity index (χ2v) is 9.31. The fourth-order valence-electron chi connectivity index (χ4n) is 4.06. The SMILES string of the molecule is CN(C)c1ccc([C@@H](c2nnnn2C(C)(C)C)N2CCN(C(=O)c3ccco3)CC2)cc1. The number of carbonyl (C=O) groups is 1. The van der Waals surface area contributed by atoms with Gasteiger partial charge in [-0.25, -0.2) is 4.68 Å². The molecule has 1 saturated heterocycles. The van der Waals surface area contributed by atoms with Crippen molar-refractivity contribution in [3.63, 3.8) is 0 Å². The number of carbonyl (C=O) groups excluding carboxylic acids is 1. The third kappa shape index (κ3) is 4.38. The fourth-order valence-corrected chi connectivity index (χ4v) is 4.06. The second-order valence-electron chi connectivity index (χ2n) is 9.31. The maximum atomic E-state index is 12.7. The van der Waals surface area contributed by atoms with E-state index in [1.807, 2.05) is 23.7 Å². The minimum atomic E-state index is -0.252. The summed E-state index contributed by atoms with van der Waals surface area (Å²) in [6.45, 7) is 8.94. The lowest BCUT2D eigenvalue weighted by Crippen LogP contribution is -2.50. The molecule has 1 aliphatic rings. The van der Waals surface area contributed by atoms with Crippen molar-refractivity contribution >= 4 is 11.6 Å². The number of hydrogen-bond acceptors (Lipinski definition) is 7. The van der Waals surface area contributed by atoms with E-state index in [0.717, 1.165) is 17.1 Å². The summed E-state index contributed by atoms with van der Waals surface area (Å²) in [5.74, 6) is 1.12.